The number of rotatable bonds is 5. The molecule has 0 spiro atoms. The van der Waals surface area contributed by atoms with Crippen molar-refractivity contribution in [2.45, 2.75) is 34.2 Å². The minimum atomic E-state index is -0.522. The second-order valence-corrected chi connectivity index (χ2v) is 7.57. The molecule has 6 heteroatoms. The van der Waals surface area contributed by atoms with E-state index < -0.39 is 5.69 Å². The molecular weight excluding hydrogens is 354 g/mol. The largest absolute Gasteiger partial charge is 0.354 e. The third kappa shape index (κ3) is 3.91. The molecule has 0 aliphatic carbocycles. The molecule has 0 aliphatic heterocycles. The molecule has 0 saturated carbocycles. The van der Waals surface area contributed by atoms with Crippen molar-refractivity contribution in [3.63, 3.8) is 0 Å². The minimum Gasteiger partial charge on any atom is -0.354 e. The average molecular weight is 379 g/mol. The number of carbonyl (C=O) groups is 1. The molecule has 3 aromatic rings. The van der Waals surface area contributed by atoms with Gasteiger partial charge in [-0.15, -0.1) is 0 Å². The SMILES string of the molecule is Cc1cccc(-n2c(=O)c3cc(C)ccc3n(CC(=O)NCC(C)C)c2=O)c1. The van der Waals surface area contributed by atoms with Crippen LogP contribution in [-0.4, -0.2) is 21.6 Å². The van der Waals surface area contributed by atoms with Crippen LogP contribution in [0.2, 0.25) is 0 Å². The van der Waals surface area contributed by atoms with Gasteiger partial charge in [-0.3, -0.25) is 14.2 Å². The highest BCUT2D eigenvalue weighted by Gasteiger charge is 2.17. The second-order valence-electron chi connectivity index (χ2n) is 7.57. The van der Waals surface area contributed by atoms with Gasteiger partial charge in [-0.05, 0) is 49.6 Å². The molecular formula is C22H25N3O3. The molecule has 0 fully saturated rings. The highest BCUT2D eigenvalue weighted by Crippen LogP contribution is 2.13. The van der Waals surface area contributed by atoms with Crippen LogP contribution in [-0.2, 0) is 11.3 Å². The Bertz CT molecular complexity index is 1160. The van der Waals surface area contributed by atoms with Crippen molar-refractivity contribution in [3.05, 3.63) is 74.4 Å². The summed E-state index contributed by atoms with van der Waals surface area (Å²) in [6.45, 7) is 8.18. The first kappa shape index (κ1) is 19.6. The lowest BCUT2D eigenvalue weighted by atomic mass is 10.1. The number of aromatic nitrogens is 2. The van der Waals surface area contributed by atoms with Gasteiger partial charge in [-0.25, -0.2) is 9.36 Å². The molecule has 1 N–H and O–H groups in total. The van der Waals surface area contributed by atoms with Crippen molar-refractivity contribution in [1.29, 1.82) is 0 Å². The van der Waals surface area contributed by atoms with Crippen LogP contribution in [0.25, 0.3) is 16.6 Å². The van der Waals surface area contributed by atoms with Crippen LogP contribution in [0.4, 0.5) is 0 Å². The van der Waals surface area contributed by atoms with E-state index in [4.69, 9.17) is 0 Å². The predicted molar refractivity (Wildman–Crippen MR) is 111 cm³/mol. The first-order chi connectivity index (χ1) is 13.3. The van der Waals surface area contributed by atoms with Gasteiger partial charge in [0.15, 0.2) is 0 Å². The number of hydrogen-bond donors (Lipinski definition) is 1. The van der Waals surface area contributed by atoms with E-state index in [1.54, 1.807) is 30.3 Å². The summed E-state index contributed by atoms with van der Waals surface area (Å²) in [7, 11) is 0. The van der Waals surface area contributed by atoms with Gasteiger partial charge in [0.2, 0.25) is 5.91 Å². The van der Waals surface area contributed by atoms with E-state index in [9.17, 15) is 14.4 Å². The molecule has 1 aromatic heterocycles. The van der Waals surface area contributed by atoms with Crippen molar-refractivity contribution in [3.8, 4) is 5.69 Å². The Morgan fingerprint density at radius 2 is 1.75 bits per heavy atom. The predicted octanol–water partition coefficient (Wildman–Crippen LogP) is 2.54. The van der Waals surface area contributed by atoms with Crippen LogP contribution >= 0.6 is 0 Å². The molecule has 1 amide bonds. The Morgan fingerprint density at radius 3 is 2.43 bits per heavy atom. The molecule has 0 bridgehead atoms. The summed E-state index contributed by atoms with van der Waals surface area (Å²) in [5.41, 5.74) is 1.91. The third-order valence-electron chi connectivity index (χ3n) is 4.57. The standard InChI is InChI=1S/C22H25N3O3/c1-14(2)12-23-20(26)13-24-19-9-8-16(4)11-18(19)21(27)25(22(24)28)17-7-5-6-15(3)10-17/h5-11,14H,12-13H2,1-4H3,(H,23,26). The maximum atomic E-state index is 13.2. The van der Waals surface area contributed by atoms with E-state index in [-0.39, 0.29) is 18.0 Å². The monoisotopic (exact) mass is 379 g/mol. The lowest BCUT2D eigenvalue weighted by Crippen LogP contribution is -2.42. The summed E-state index contributed by atoms with van der Waals surface area (Å²) >= 11 is 0. The normalized spacial score (nSPS) is 11.2. The molecule has 2 aromatic carbocycles. The molecule has 1 heterocycles. The van der Waals surface area contributed by atoms with Crippen LogP contribution in [0.3, 0.4) is 0 Å². The van der Waals surface area contributed by atoms with Crippen LogP contribution in [0, 0.1) is 19.8 Å². The van der Waals surface area contributed by atoms with Gasteiger partial charge >= 0.3 is 5.69 Å². The van der Waals surface area contributed by atoms with E-state index in [0.29, 0.717) is 29.1 Å². The lowest BCUT2D eigenvalue weighted by Gasteiger charge is -2.15. The van der Waals surface area contributed by atoms with Crippen LogP contribution in [0.1, 0.15) is 25.0 Å². The van der Waals surface area contributed by atoms with Crippen molar-refractivity contribution in [1.82, 2.24) is 14.5 Å². The fourth-order valence-electron chi connectivity index (χ4n) is 3.15. The van der Waals surface area contributed by atoms with Crippen LogP contribution < -0.4 is 16.6 Å². The number of amides is 1. The number of benzene rings is 2. The highest BCUT2D eigenvalue weighted by molar-refractivity contribution is 5.82. The quantitative estimate of drug-likeness (QED) is 0.740. The van der Waals surface area contributed by atoms with E-state index in [0.717, 1.165) is 15.7 Å². The second kappa shape index (κ2) is 7.84. The van der Waals surface area contributed by atoms with Crippen molar-refractivity contribution < 1.29 is 4.79 Å². The summed E-state index contributed by atoms with van der Waals surface area (Å²) < 4.78 is 2.51. The zero-order valence-electron chi connectivity index (χ0n) is 16.7. The first-order valence-electron chi connectivity index (χ1n) is 9.38. The summed E-state index contributed by atoms with van der Waals surface area (Å²) in [5.74, 6) is 0.0495. The number of hydrogen-bond acceptors (Lipinski definition) is 3. The number of carbonyl (C=O) groups excluding carboxylic acids is 1. The maximum absolute atomic E-state index is 13.2. The van der Waals surface area contributed by atoms with Gasteiger partial charge in [-0.1, -0.05) is 37.6 Å². The molecule has 0 atom stereocenters. The fraction of sp³-hybridized carbons (Fsp3) is 0.318. The van der Waals surface area contributed by atoms with Crippen LogP contribution in [0.5, 0.6) is 0 Å². The molecule has 28 heavy (non-hydrogen) atoms. The average Bonchev–Trinajstić information content (AvgIpc) is 2.64. The Kier molecular flexibility index (Phi) is 5.49. The number of nitrogens with one attached hydrogen (secondary N) is 1. The number of nitrogens with zero attached hydrogens (tertiary/aromatic N) is 2. The van der Waals surface area contributed by atoms with Crippen molar-refractivity contribution in [2.75, 3.05) is 6.54 Å². The number of fused-ring (bicyclic) bond motifs is 1. The summed E-state index contributed by atoms with van der Waals surface area (Å²) in [5, 5.41) is 3.25. The fourth-order valence-corrected chi connectivity index (χ4v) is 3.15. The van der Waals surface area contributed by atoms with Gasteiger partial charge < -0.3 is 5.32 Å². The minimum absolute atomic E-state index is 0.142. The molecule has 0 unspecified atom stereocenters. The van der Waals surface area contributed by atoms with Crippen molar-refractivity contribution >= 4 is 16.8 Å². The first-order valence-corrected chi connectivity index (χ1v) is 9.38. The Balaban J connectivity index is 2.23. The Hall–Kier alpha value is -3.15. The molecule has 6 nitrogen and oxygen atoms in total. The molecule has 0 aliphatic rings. The van der Waals surface area contributed by atoms with Gasteiger partial charge in [-0.2, -0.15) is 0 Å². The topological polar surface area (TPSA) is 73.1 Å². The third-order valence-corrected chi connectivity index (χ3v) is 4.57. The van der Waals surface area contributed by atoms with Gasteiger partial charge in [0.25, 0.3) is 5.56 Å². The zero-order valence-corrected chi connectivity index (χ0v) is 16.7. The lowest BCUT2D eigenvalue weighted by molar-refractivity contribution is -0.121. The number of aryl methyl sites for hydroxylation is 2. The van der Waals surface area contributed by atoms with E-state index >= 15 is 0 Å². The smallest absolute Gasteiger partial charge is 0.336 e. The Labute approximate surface area is 163 Å². The maximum Gasteiger partial charge on any atom is 0.336 e. The summed E-state index contributed by atoms with van der Waals surface area (Å²) in [6.07, 6.45) is 0. The highest BCUT2D eigenvalue weighted by atomic mass is 16.2. The summed E-state index contributed by atoms with van der Waals surface area (Å²) in [4.78, 5) is 38.7. The van der Waals surface area contributed by atoms with E-state index in [1.807, 2.05) is 39.8 Å². The van der Waals surface area contributed by atoms with Crippen LogP contribution in [0.15, 0.2) is 52.1 Å². The molecule has 0 radical (unpaired) electrons. The summed E-state index contributed by atoms with van der Waals surface area (Å²) in [6, 6.07) is 12.5. The van der Waals surface area contributed by atoms with Crippen molar-refractivity contribution in [2.24, 2.45) is 5.92 Å². The molecule has 3 rings (SSSR count). The van der Waals surface area contributed by atoms with E-state index in [2.05, 4.69) is 5.32 Å². The zero-order chi connectivity index (χ0) is 20.4. The Morgan fingerprint density at radius 1 is 1.04 bits per heavy atom. The molecule has 0 saturated heterocycles. The molecule has 146 valence electrons. The van der Waals surface area contributed by atoms with E-state index in [1.165, 1.54) is 4.57 Å². The van der Waals surface area contributed by atoms with Gasteiger partial charge in [0.05, 0.1) is 16.6 Å². The van der Waals surface area contributed by atoms with Gasteiger partial charge in [0, 0.05) is 6.54 Å². The van der Waals surface area contributed by atoms with Gasteiger partial charge in [0.1, 0.15) is 6.54 Å².